The largest absolute Gasteiger partial charge is 0.507 e. The van der Waals surface area contributed by atoms with Crippen LogP contribution in [0.5, 0.6) is 5.75 Å². The maximum Gasteiger partial charge on any atom is 0.339 e. The molecular formula is C17H17N3O4S. The number of aromatic carboxylic acids is 1. The first-order valence-electron chi connectivity index (χ1n) is 7.54. The van der Waals surface area contributed by atoms with E-state index < -0.39 is 5.97 Å². The Morgan fingerprint density at radius 2 is 1.92 bits per heavy atom. The van der Waals surface area contributed by atoms with Crippen LogP contribution in [0.2, 0.25) is 0 Å². The van der Waals surface area contributed by atoms with Gasteiger partial charge in [0, 0.05) is 5.69 Å². The molecule has 25 heavy (non-hydrogen) atoms. The molecular weight excluding hydrogens is 342 g/mol. The van der Waals surface area contributed by atoms with Gasteiger partial charge in [-0.3, -0.25) is 4.79 Å². The van der Waals surface area contributed by atoms with Crippen LogP contribution in [-0.4, -0.2) is 33.3 Å². The predicted molar refractivity (Wildman–Crippen MR) is 98.4 cm³/mol. The zero-order chi connectivity index (χ0) is 18.0. The lowest BCUT2D eigenvalue weighted by Gasteiger charge is -2.12. The molecule has 0 radical (unpaired) electrons. The summed E-state index contributed by atoms with van der Waals surface area (Å²) >= 11 is 1.39. The predicted octanol–water partition coefficient (Wildman–Crippen LogP) is 2.89. The zero-order valence-electron chi connectivity index (χ0n) is 13.4. The maximum atomic E-state index is 12.1. The number of phenols is 1. The smallest absolute Gasteiger partial charge is 0.339 e. The van der Waals surface area contributed by atoms with Gasteiger partial charge in [0.25, 0.3) is 0 Å². The summed E-state index contributed by atoms with van der Waals surface area (Å²) in [5, 5.41) is 27.7. The summed E-state index contributed by atoms with van der Waals surface area (Å²) in [6.07, 6.45) is 0. The van der Waals surface area contributed by atoms with E-state index in [4.69, 9.17) is 5.11 Å². The summed E-state index contributed by atoms with van der Waals surface area (Å²) in [6, 6.07) is 9.96. The standard InChI is InChI=1S/C17H17N3O4S/c1-9-2-4-12-13(6-9)20-17(19-12)25-8-15(22)18-10-3-5-14(21)11(7-10)16(23)24/h2-7,17,19-21H,8H2,1H3,(H,18,22)(H,23,24). The third-order valence-electron chi connectivity index (χ3n) is 3.64. The van der Waals surface area contributed by atoms with Crippen LogP contribution < -0.4 is 16.0 Å². The normalized spacial score (nSPS) is 15.0. The van der Waals surface area contributed by atoms with Crippen molar-refractivity contribution in [2.75, 3.05) is 21.7 Å². The number of carbonyl (C=O) groups excluding carboxylic acids is 1. The van der Waals surface area contributed by atoms with E-state index in [1.807, 2.05) is 25.1 Å². The quantitative estimate of drug-likeness (QED) is 0.522. The van der Waals surface area contributed by atoms with Crippen LogP contribution in [0, 0.1) is 6.92 Å². The van der Waals surface area contributed by atoms with Crippen molar-refractivity contribution in [3.63, 3.8) is 0 Å². The summed E-state index contributed by atoms with van der Waals surface area (Å²) in [5.41, 5.74) is 3.10. The van der Waals surface area contributed by atoms with Gasteiger partial charge in [-0.25, -0.2) is 4.79 Å². The van der Waals surface area contributed by atoms with Gasteiger partial charge in [0.05, 0.1) is 17.1 Å². The first kappa shape index (κ1) is 17.0. The van der Waals surface area contributed by atoms with Crippen molar-refractivity contribution in [3.8, 4) is 5.75 Å². The monoisotopic (exact) mass is 359 g/mol. The number of aromatic hydroxyl groups is 1. The topological polar surface area (TPSA) is 111 Å². The van der Waals surface area contributed by atoms with E-state index in [0.29, 0.717) is 5.69 Å². The summed E-state index contributed by atoms with van der Waals surface area (Å²) in [6.45, 7) is 2.01. The van der Waals surface area contributed by atoms with Gasteiger partial charge in [-0.05, 0) is 42.8 Å². The molecule has 1 unspecified atom stereocenters. The highest BCUT2D eigenvalue weighted by atomic mass is 32.2. The Morgan fingerprint density at radius 3 is 2.68 bits per heavy atom. The van der Waals surface area contributed by atoms with E-state index in [9.17, 15) is 14.7 Å². The Hall–Kier alpha value is -2.87. The second-order valence-corrected chi connectivity index (χ2v) is 6.71. The van der Waals surface area contributed by atoms with Gasteiger partial charge in [0.2, 0.25) is 5.91 Å². The molecule has 0 aromatic heterocycles. The fourth-order valence-electron chi connectivity index (χ4n) is 2.45. The fourth-order valence-corrected chi connectivity index (χ4v) is 3.26. The minimum absolute atomic E-state index is 0.114. The Labute approximate surface area is 148 Å². The van der Waals surface area contributed by atoms with Crippen molar-refractivity contribution >= 4 is 40.7 Å². The van der Waals surface area contributed by atoms with Gasteiger partial charge in [-0.15, -0.1) is 11.8 Å². The molecule has 0 fully saturated rings. The number of hydrogen-bond donors (Lipinski definition) is 5. The fraction of sp³-hybridized carbons (Fsp3) is 0.176. The van der Waals surface area contributed by atoms with Gasteiger partial charge in [0.15, 0.2) is 0 Å². The van der Waals surface area contributed by atoms with E-state index in [0.717, 1.165) is 16.9 Å². The lowest BCUT2D eigenvalue weighted by atomic mass is 10.2. The number of nitrogens with one attached hydrogen (secondary N) is 3. The number of hydrogen-bond acceptors (Lipinski definition) is 6. The molecule has 0 saturated carbocycles. The van der Waals surface area contributed by atoms with Gasteiger partial charge < -0.3 is 26.2 Å². The minimum Gasteiger partial charge on any atom is -0.507 e. The van der Waals surface area contributed by atoms with Crippen molar-refractivity contribution in [3.05, 3.63) is 47.5 Å². The maximum absolute atomic E-state index is 12.1. The molecule has 8 heteroatoms. The lowest BCUT2D eigenvalue weighted by Crippen LogP contribution is -2.22. The Balaban J connectivity index is 1.54. The number of thioether (sulfide) groups is 1. The third-order valence-corrected chi connectivity index (χ3v) is 4.64. The third kappa shape index (κ3) is 3.97. The number of benzene rings is 2. The van der Waals surface area contributed by atoms with Crippen molar-refractivity contribution in [2.24, 2.45) is 0 Å². The Kier molecular flexibility index (Phi) is 4.71. The molecule has 1 aliphatic heterocycles. The number of carboxylic acid groups (broad SMARTS) is 1. The van der Waals surface area contributed by atoms with Gasteiger partial charge in [-0.2, -0.15) is 0 Å². The first-order chi connectivity index (χ1) is 11.9. The summed E-state index contributed by atoms with van der Waals surface area (Å²) in [4.78, 5) is 23.1. The second-order valence-electron chi connectivity index (χ2n) is 5.61. The highest BCUT2D eigenvalue weighted by Crippen LogP contribution is 2.33. The molecule has 0 aliphatic carbocycles. The van der Waals surface area contributed by atoms with Crippen LogP contribution in [0.15, 0.2) is 36.4 Å². The molecule has 0 spiro atoms. The number of carboxylic acids is 1. The van der Waals surface area contributed by atoms with Crippen LogP contribution in [0.4, 0.5) is 17.1 Å². The van der Waals surface area contributed by atoms with Crippen molar-refractivity contribution in [1.29, 1.82) is 0 Å². The number of carbonyl (C=O) groups is 2. The number of rotatable bonds is 5. The van der Waals surface area contributed by atoms with Crippen LogP contribution in [0.1, 0.15) is 15.9 Å². The first-order valence-corrected chi connectivity index (χ1v) is 8.59. The van der Waals surface area contributed by atoms with E-state index >= 15 is 0 Å². The highest BCUT2D eigenvalue weighted by Gasteiger charge is 2.20. The summed E-state index contributed by atoms with van der Waals surface area (Å²) in [5.74, 6) is -1.67. The molecule has 1 heterocycles. The number of amides is 1. The summed E-state index contributed by atoms with van der Waals surface area (Å²) < 4.78 is 0. The summed E-state index contributed by atoms with van der Waals surface area (Å²) in [7, 11) is 0. The molecule has 130 valence electrons. The van der Waals surface area contributed by atoms with E-state index in [-0.39, 0.29) is 28.5 Å². The van der Waals surface area contributed by atoms with Crippen molar-refractivity contribution in [2.45, 2.75) is 12.4 Å². The van der Waals surface area contributed by atoms with Gasteiger partial charge in [-0.1, -0.05) is 6.07 Å². The SMILES string of the molecule is Cc1ccc2c(c1)NC(SCC(=O)Nc1ccc(O)c(C(=O)O)c1)N2. The van der Waals surface area contributed by atoms with Crippen LogP contribution in [0.3, 0.4) is 0 Å². The molecule has 3 rings (SSSR count). The van der Waals surface area contributed by atoms with Gasteiger partial charge >= 0.3 is 5.97 Å². The zero-order valence-corrected chi connectivity index (χ0v) is 14.2. The Morgan fingerprint density at radius 1 is 1.16 bits per heavy atom. The minimum atomic E-state index is -1.25. The number of fused-ring (bicyclic) bond motifs is 1. The molecule has 7 nitrogen and oxygen atoms in total. The molecule has 1 aliphatic rings. The van der Waals surface area contributed by atoms with E-state index in [2.05, 4.69) is 16.0 Å². The molecule has 1 amide bonds. The van der Waals surface area contributed by atoms with E-state index in [1.54, 1.807) is 0 Å². The molecule has 0 bridgehead atoms. The number of aryl methyl sites for hydroxylation is 1. The molecule has 0 saturated heterocycles. The molecule has 2 aromatic rings. The molecule has 5 N–H and O–H groups in total. The average Bonchev–Trinajstić information content (AvgIpc) is 2.96. The second kappa shape index (κ2) is 6.94. The highest BCUT2D eigenvalue weighted by molar-refractivity contribution is 8.00. The van der Waals surface area contributed by atoms with Crippen molar-refractivity contribution in [1.82, 2.24) is 0 Å². The average molecular weight is 359 g/mol. The Bertz CT molecular complexity index is 841. The molecule has 2 aromatic carbocycles. The van der Waals surface area contributed by atoms with Crippen LogP contribution in [-0.2, 0) is 4.79 Å². The van der Waals surface area contributed by atoms with Gasteiger partial charge in [0.1, 0.15) is 16.8 Å². The number of anilines is 3. The molecule has 1 atom stereocenters. The van der Waals surface area contributed by atoms with Crippen LogP contribution in [0.25, 0.3) is 0 Å². The van der Waals surface area contributed by atoms with E-state index in [1.165, 1.54) is 30.0 Å². The van der Waals surface area contributed by atoms with Crippen molar-refractivity contribution < 1.29 is 19.8 Å². The lowest BCUT2D eigenvalue weighted by molar-refractivity contribution is -0.113. The van der Waals surface area contributed by atoms with Crippen LogP contribution >= 0.6 is 11.8 Å².